The molecule has 0 aromatic carbocycles. The van der Waals surface area contributed by atoms with Crippen LogP contribution in [0.15, 0.2) is 0 Å². The van der Waals surface area contributed by atoms with Gasteiger partial charge in [0.2, 0.25) is 5.91 Å². The number of amides is 1. The third-order valence-electron chi connectivity index (χ3n) is 2.11. The van der Waals surface area contributed by atoms with E-state index in [0.29, 0.717) is 19.5 Å². The summed E-state index contributed by atoms with van der Waals surface area (Å²) in [4.78, 5) is 13.5. The number of rotatable bonds is 7. The molecule has 0 fully saturated rings. The van der Waals surface area contributed by atoms with Crippen LogP contribution in [0, 0.1) is 0 Å². The maximum atomic E-state index is 11.8. The van der Waals surface area contributed by atoms with E-state index in [9.17, 15) is 4.79 Å². The average Bonchev–Trinajstić information content (AvgIpc) is 2.09. The zero-order valence-corrected chi connectivity index (χ0v) is 10.1. The molecule has 0 radical (unpaired) electrons. The third-order valence-corrected chi connectivity index (χ3v) is 2.11. The van der Waals surface area contributed by atoms with Gasteiger partial charge >= 0.3 is 0 Å². The first kappa shape index (κ1) is 14.4. The summed E-state index contributed by atoms with van der Waals surface area (Å²) in [6, 6.07) is 0. The van der Waals surface area contributed by atoms with Gasteiger partial charge in [0, 0.05) is 25.0 Å². The topological polar surface area (TPSA) is 66.6 Å². The van der Waals surface area contributed by atoms with Crippen molar-refractivity contribution in [1.82, 2.24) is 4.90 Å². The predicted molar refractivity (Wildman–Crippen MR) is 61.5 cm³/mol. The van der Waals surface area contributed by atoms with Crippen LogP contribution in [-0.2, 0) is 4.79 Å². The van der Waals surface area contributed by atoms with Gasteiger partial charge in [-0.15, -0.1) is 0 Å². The summed E-state index contributed by atoms with van der Waals surface area (Å²) in [5, 5.41) is 8.86. The molecule has 0 saturated carbocycles. The van der Waals surface area contributed by atoms with Crippen molar-refractivity contribution in [2.24, 2.45) is 5.73 Å². The lowest BCUT2D eigenvalue weighted by molar-refractivity contribution is -0.132. The predicted octanol–water partition coefficient (Wildman–Crippen LogP) is 0.735. The molecule has 0 aliphatic rings. The first-order valence-corrected chi connectivity index (χ1v) is 5.58. The second kappa shape index (κ2) is 6.80. The van der Waals surface area contributed by atoms with E-state index in [0.717, 1.165) is 12.8 Å². The normalized spacial score (nSPS) is 11.5. The van der Waals surface area contributed by atoms with Crippen molar-refractivity contribution in [3.05, 3.63) is 0 Å². The molecule has 0 rings (SSSR count). The maximum absolute atomic E-state index is 11.8. The molecule has 0 spiro atoms. The summed E-state index contributed by atoms with van der Waals surface area (Å²) in [5.74, 6) is 0.0324. The summed E-state index contributed by atoms with van der Waals surface area (Å²) in [6.07, 6.45) is 2.34. The number of nitrogens with two attached hydrogens (primary N) is 1. The van der Waals surface area contributed by atoms with Gasteiger partial charge in [0.15, 0.2) is 0 Å². The molecular weight excluding hydrogens is 192 g/mol. The first-order chi connectivity index (χ1) is 6.90. The van der Waals surface area contributed by atoms with Gasteiger partial charge < -0.3 is 15.7 Å². The Kier molecular flexibility index (Phi) is 6.52. The van der Waals surface area contributed by atoms with Gasteiger partial charge in [-0.3, -0.25) is 4.79 Å². The molecule has 0 aliphatic heterocycles. The summed E-state index contributed by atoms with van der Waals surface area (Å²) >= 11 is 0. The van der Waals surface area contributed by atoms with Gasteiger partial charge in [0.1, 0.15) is 0 Å². The van der Waals surface area contributed by atoms with Crippen molar-refractivity contribution in [1.29, 1.82) is 0 Å². The molecule has 4 nitrogen and oxygen atoms in total. The Labute approximate surface area is 92.4 Å². The molecule has 0 unspecified atom stereocenters. The smallest absolute Gasteiger partial charge is 0.224 e. The fourth-order valence-corrected chi connectivity index (χ4v) is 1.33. The lowest BCUT2D eigenvalue weighted by Crippen LogP contribution is -2.42. The minimum Gasteiger partial charge on any atom is -0.395 e. The van der Waals surface area contributed by atoms with E-state index in [2.05, 4.69) is 6.92 Å². The fourth-order valence-electron chi connectivity index (χ4n) is 1.33. The minimum atomic E-state index is -0.475. The van der Waals surface area contributed by atoms with E-state index in [1.54, 1.807) is 4.90 Å². The van der Waals surface area contributed by atoms with Crippen molar-refractivity contribution in [2.75, 3.05) is 19.7 Å². The highest BCUT2D eigenvalue weighted by Gasteiger charge is 2.20. The van der Waals surface area contributed by atoms with Crippen LogP contribution in [0.5, 0.6) is 0 Å². The Morgan fingerprint density at radius 2 is 2.00 bits per heavy atom. The summed E-state index contributed by atoms with van der Waals surface area (Å²) in [5.41, 5.74) is 5.31. The lowest BCUT2D eigenvalue weighted by Gasteiger charge is -2.26. The molecule has 0 aromatic rings. The van der Waals surface area contributed by atoms with Gasteiger partial charge in [-0.05, 0) is 20.3 Å². The number of nitrogens with zero attached hydrogens (tertiary/aromatic N) is 1. The number of carbonyl (C=O) groups is 1. The molecule has 0 heterocycles. The fraction of sp³-hybridized carbons (Fsp3) is 0.909. The van der Waals surface area contributed by atoms with Gasteiger partial charge in [0.25, 0.3) is 0 Å². The number of carbonyl (C=O) groups excluding carboxylic acids is 1. The lowest BCUT2D eigenvalue weighted by atomic mass is 10.0. The second-order valence-corrected chi connectivity index (χ2v) is 4.62. The monoisotopic (exact) mass is 216 g/mol. The van der Waals surface area contributed by atoms with Crippen molar-refractivity contribution in [3.8, 4) is 0 Å². The third kappa shape index (κ3) is 7.33. The van der Waals surface area contributed by atoms with Crippen molar-refractivity contribution >= 4 is 5.91 Å². The quantitative estimate of drug-likeness (QED) is 0.659. The second-order valence-electron chi connectivity index (χ2n) is 4.62. The highest BCUT2D eigenvalue weighted by molar-refractivity contribution is 5.77. The van der Waals surface area contributed by atoms with Crippen LogP contribution >= 0.6 is 0 Å². The minimum absolute atomic E-state index is 0.0143. The summed E-state index contributed by atoms with van der Waals surface area (Å²) in [7, 11) is 0. The van der Waals surface area contributed by atoms with Crippen LogP contribution in [0.25, 0.3) is 0 Å². The Bertz CT molecular complexity index is 188. The maximum Gasteiger partial charge on any atom is 0.224 e. The van der Waals surface area contributed by atoms with E-state index in [1.807, 2.05) is 13.8 Å². The van der Waals surface area contributed by atoms with Crippen LogP contribution in [-0.4, -0.2) is 41.1 Å². The summed E-state index contributed by atoms with van der Waals surface area (Å²) in [6.45, 7) is 6.89. The molecule has 0 aromatic heterocycles. The molecule has 4 heteroatoms. The standard InChI is InChI=1S/C11H24N2O2/c1-4-5-6-13(7-8-14)10(15)9-11(2,3)12/h14H,4-9,12H2,1-3H3. The zero-order valence-electron chi connectivity index (χ0n) is 10.1. The largest absolute Gasteiger partial charge is 0.395 e. The Morgan fingerprint density at radius 1 is 1.40 bits per heavy atom. The van der Waals surface area contributed by atoms with Gasteiger partial charge in [-0.2, -0.15) is 0 Å². The molecule has 0 bridgehead atoms. The first-order valence-electron chi connectivity index (χ1n) is 5.58. The molecule has 0 saturated heterocycles. The summed E-state index contributed by atoms with van der Waals surface area (Å²) < 4.78 is 0. The van der Waals surface area contributed by atoms with E-state index in [4.69, 9.17) is 10.8 Å². The van der Waals surface area contributed by atoms with E-state index < -0.39 is 5.54 Å². The highest BCUT2D eigenvalue weighted by Crippen LogP contribution is 2.07. The number of hydrogen-bond acceptors (Lipinski definition) is 3. The Hall–Kier alpha value is -0.610. The van der Waals surface area contributed by atoms with Crippen LogP contribution in [0.2, 0.25) is 0 Å². The SMILES string of the molecule is CCCCN(CCO)C(=O)CC(C)(C)N. The van der Waals surface area contributed by atoms with E-state index >= 15 is 0 Å². The van der Waals surface area contributed by atoms with Crippen LogP contribution in [0.4, 0.5) is 0 Å². The molecular formula is C11H24N2O2. The molecule has 15 heavy (non-hydrogen) atoms. The number of aliphatic hydroxyl groups excluding tert-OH is 1. The van der Waals surface area contributed by atoms with E-state index in [1.165, 1.54) is 0 Å². The van der Waals surface area contributed by atoms with Gasteiger partial charge in [0.05, 0.1) is 6.61 Å². The number of unbranched alkanes of at least 4 members (excludes halogenated alkanes) is 1. The molecule has 1 amide bonds. The number of aliphatic hydroxyl groups is 1. The van der Waals surface area contributed by atoms with Crippen LogP contribution in [0.1, 0.15) is 40.0 Å². The van der Waals surface area contributed by atoms with E-state index in [-0.39, 0.29) is 12.5 Å². The Balaban J connectivity index is 4.15. The number of hydrogen-bond donors (Lipinski definition) is 2. The Morgan fingerprint density at radius 3 is 2.40 bits per heavy atom. The molecule has 0 aliphatic carbocycles. The van der Waals surface area contributed by atoms with Crippen molar-refractivity contribution in [2.45, 2.75) is 45.6 Å². The van der Waals surface area contributed by atoms with Gasteiger partial charge in [-0.25, -0.2) is 0 Å². The van der Waals surface area contributed by atoms with Crippen molar-refractivity contribution in [3.63, 3.8) is 0 Å². The molecule has 3 N–H and O–H groups in total. The van der Waals surface area contributed by atoms with Crippen LogP contribution < -0.4 is 5.73 Å². The highest BCUT2D eigenvalue weighted by atomic mass is 16.3. The van der Waals surface area contributed by atoms with Crippen molar-refractivity contribution < 1.29 is 9.90 Å². The van der Waals surface area contributed by atoms with Crippen LogP contribution in [0.3, 0.4) is 0 Å². The average molecular weight is 216 g/mol. The van der Waals surface area contributed by atoms with Gasteiger partial charge in [-0.1, -0.05) is 13.3 Å². The molecule has 90 valence electrons. The molecule has 0 atom stereocenters. The zero-order chi connectivity index (χ0) is 11.9.